The molecule has 0 atom stereocenters. The second kappa shape index (κ2) is 6.32. The molecule has 0 fully saturated rings. The average Bonchev–Trinajstić information content (AvgIpc) is 2.98. The van der Waals surface area contributed by atoms with Crippen molar-refractivity contribution in [2.24, 2.45) is 0 Å². The molecular weight excluding hydrogens is 312 g/mol. The van der Waals surface area contributed by atoms with Crippen LogP contribution in [0.2, 0.25) is 0 Å². The van der Waals surface area contributed by atoms with Crippen LogP contribution < -0.4 is 10.6 Å². The Bertz CT molecular complexity index is 1070. The number of carbonyl (C=O) groups is 1. The van der Waals surface area contributed by atoms with Gasteiger partial charge in [0, 0.05) is 28.2 Å². The van der Waals surface area contributed by atoms with E-state index in [1.54, 1.807) is 0 Å². The molecular formula is C21H18N2O2. The third-order valence-electron chi connectivity index (χ3n) is 4.13. The number of anilines is 2. The largest absolute Gasteiger partial charge is 0.456 e. The van der Waals surface area contributed by atoms with Crippen molar-refractivity contribution in [1.29, 1.82) is 0 Å². The fraction of sp³-hybridized carbons (Fsp3) is 0.0952. The summed E-state index contributed by atoms with van der Waals surface area (Å²) in [5, 5.41) is 8.16. The summed E-state index contributed by atoms with van der Waals surface area (Å²) in [6, 6.07) is 21.6. The van der Waals surface area contributed by atoms with E-state index in [9.17, 15) is 4.79 Å². The van der Waals surface area contributed by atoms with E-state index in [4.69, 9.17) is 4.42 Å². The molecule has 0 aliphatic carbocycles. The number of rotatable bonds is 4. The third-order valence-corrected chi connectivity index (χ3v) is 4.13. The normalized spacial score (nSPS) is 10.9. The zero-order chi connectivity index (χ0) is 17.2. The molecule has 0 saturated carbocycles. The first kappa shape index (κ1) is 15.3. The zero-order valence-electron chi connectivity index (χ0n) is 13.9. The molecule has 0 unspecified atom stereocenters. The first-order chi connectivity index (χ1) is 12.2. The van der Waals surface area contributed by atoms with Crippen molar-refractivity contribution in [3.63, 3.8) is 0 Å². The smallest absolute Gasteiger partial charge is 0.243 e. The molecule has 2 N–H and O–H groups in total. The predicted octanol–water partition coefficient (Wildman–Crippen LogP) is 4.95. The number of carbonyl (C=O) groups excluding carboxylic acids is 1. The SMILES string of the molecule is Cc1cccc(NCC(=O)Nc2ccc3c(c2)oc2ccccc23)c1. The van der Waals surface area contributed by atoms with E-state index >= 15 is 0 Å². The maximum atomic E-state index is 12.2. The highest BCUT2D eigenvalue weighted by Gasteiger charge is 2.08. The number of amides is 1. The minimum Gasteiger partial charge on any atom is -0.456 e. The maximum absolute atomic E-state index is 12.2. The number of aryl methyl sites for hydroxylation is 1. The zero-order valence-corrected chi connectivity index (χ0v) is 13.9. The van der Waals surface area contributed by atoms with Crippen LogP contribution in [0, 0.1) is 6.92 Å². The van der Waals surface area contributed by atoms with Gasteiger partial charge in [-0.05, 0) is 42.8 Å². The summed E-state index contributed by atoms with van der Waals surface area (Å²) in [6.07, 6.45) is 0. The van der Waals surface area contributed by atoms with Gasteiger partial charge in [-0.1, -0.05) is 30.3 Å². The Morgan fingerprint density at radius 2 is 1.72 bits per heavy atom. The minimum absolute atomic E-state index is 0.100. The van der Waals surface area contributed by atoms with Gasteiger partial charge in [0.05, 0.1) is 6.54 Å². The summed E-state index contributed by atoms with van der Waals surface area (Å²) in [6.45, 7) is 2.23. The van der Waals surface area contributed by atoms with Crippen LogP contribution in [-0.2, 0) is 4.79 Å². The lowest BCUT2D eigenvalue weighted by Gasteiger charge is -2.08. The Morgan fingerprint density at radius 1 is 0.880 bits per heavy atom. The van der Waals surface area contributed by atoms with E-state index in [1.807, 2.05) is 73.7 Å². The number of benzene rings is 3. The molecule has 1 heterocycles. The second-order valence-electron chi connectivity index (χ2n) is 6.08. The molecule has 4 nitrogen and oxygen atoms in total. The maximum Gasteiger partial charge on any atom is 0.243 e. The highest BCUT2D eigenvalue weighted by molar-refractivity contribution is 6.06. The fourth-order valence-electron chi connectivity index (χ4n) is 2.95. The number of furan rings is 1. The number of fused-ring (bicyclic) bond motifs is 3. The van der Waals surface area contributed by atoms with Gasteiger partial charge >= 0.3 is 0 Å². The topological polar surface area (TPSA) is 54.3 Å². The van der Waals surface area contributed by atoms with Crippen molar-refractivity contribution in [3.8, 4) is 0 Å². The molecule has 4 aromatic rings. The molecule has 0 bridgehead atoms. The summed E-state index contributed by atoms with van der Waals surface area (Å²) in [7, 11) is 0. The van der Waals surface area contributed by atoms with Crippen LogP contribution in [-0.4, -0.2) is 12.5 Å². The fourth-order valence-corrected chi connectivity index (χ4v) is 2.95. The number of nitrogens with one attached hydrogen (secondary N) is 2. The molecule has 0 radical (unpaired) electrons. The molecule has 25 heavy (non-hydrogen) atoms. The van der Waals surface area contributed by atoms with Gasteiger partial charge in [0.15, 0.2) is 0 Å². The van der Waals surface area contributed by atoms with Crippen molar-refractivity contribution in [1.82, 2.24) is 0 Å². The van der Waals surface area contributed by atoms with E-state index in [0.717, 1.165) is 38.9 Å². The second-order valence-corrected chi connectivity index (χ2v) is 6.08. The molecule has 0 spiro atoms. The van der Waals surface area contributed by atoms with E-state index in [-0.39, 0.29) is 12.5 Å². The Hall–Kier alpha value is -3.27. The van der Waals surface area contributed by atoms with Crippen LogP contribution in [0.25, 0.3) is 21.9 Å². The van der Waals surface area contributed by atoms with Crippen LogP contribution in [0.5, 0.6) is 0 Å². The van der Waals surface area contributed by atoms with Gasteiger partial charge in [-0.25, -0.2) is 0 Å². The van der Waals surface area contributed by atoms with Gasteiger partial charge in [0.2, 0.25) is 5.91 Å². The number of hydrogen-bond acceptors (Lipinski definition) is 3. The first-order valence-electron chi connectivity index (χ1n) is 8.21. The molecule has 0 aliphatic rings. The Kier molecular flexibility index (Phi) is 3.86. The van der Waals surface area contributed by atoms with Gasteiger partial charge in [0.25, 0.3) is 0 Å². The van der Waals surface area contributed by atoms with E-state index in [2.05, 4.69) is 10.6 Å². The third kappa shape index (κ3) is 3.19. The van der Waals surface area contributed by atoms with Crippen molar-refractivity contribution in [2.45, 2.75) is 6.92 Å². The molecule has 3 aromatic carbocycles. The van der Waals surface area contributed by atoms with Crippen LogP contribution >= 0.6 is 0 Å². The van der Waals surface area contributed by atoms with Crippen molar-refractivity contribution >= 4 is 39.2 Å². The van der Waals surface area contributed by atoms with E-state index in [1.165, 1.54) is 0 Å². The summed E-state index contributed by atoms with van der Waals surface area (Å²) in [5.74, 6) is -0.100. The van der Waals surface area contributed by atoms with E-state index < -0.39 is 0 Å². The van der Waals surface area contributed by atoms with Crippen LogP contribution in [0.3, 0.4) is 0 Å². The molecule has 4 rings (SSSR count). The molecule has 124 valence electrons. The van der Waals surface area contributed by atoms with Crippen LogP contribution in [0.15, 0.2) is 71.1 Å². The minimum atomic E-state index is -0.100. The highest BCUT2D eigenvalue weighted by Crippen LogP contribution is 2.30. The summed E-state index contributed by atoms with van der Waals surface area (Å²) in [4.78, 5) is 12.2. The Balaban J connectivity index is 1.48. The van der Waals surface area contributed by atoms with Gasteiger partial charge in [0.1, 0.15) is 11.2 Å². The number of para-hydroxylation sites is 1. The van der Waals surface area contributed by atoms with E-state index in [0.29, 0.717) is 0 Å². The lowest BCUT2D eigenvalue weighted by Crippen LogP contribution is -2.21. The summed E-state index contributed by atoms with van der Waals surface area (Å²) < 4.78 is 5.85. The van der Waals surface area contributed by atoms with Crippen molar-refractivity contribution in [2.75, 3.05) is 17.2 Å². The lowest BCUT2D eigenvalue weighted by atomic mass is 10.1. The van der Waals surface area contributed by atoms with Gasteiger partial charge in [-0.2, -0.15) is 0 Å². The highest BCUT2D eigenvalue weighted by atomic mass is 16.3. The standard InChI is InChI=1S/C21H18N2O2/c1-14-5-4-6-15(11-14)22-13-21(24)23-16-9-10-18-17-7-2-3-8-19(17)25-20(18)12-16/h2-12,22H,13H2,1H3,(H,23,24). The van der Waals surface area contributed by atoms with Gasteiger partial charge < -0.3 is 15.1 Å². The Morgan fingerprint density at radius 3 is 2.60 bits per heavy atom. The quantitative estimate of drug-likeness (QED) is 0.557. The molecule has 4 heteroatoms. The molecule has 1 aromatic heterocycles. The van der Waals surface area contributed by atoms with Crippen LogP contribution in [0.4, 0.5) is 11.4 Å². The molecule has 0 aliphatic heterocycles. The average molecular weight is 330 g/mol. The van der Waals surface area contributed by atoms with Crippen molar-refractivity contribution < 1.29 is 9.21 Å². The van der Waals surface area contributed by atoms with Crippen LogP contribution in [0.1, 0.15) is 5.56 Å². The summed E-state index contributed by atoms with van der Waals surface area (Å²) in [5.41, 5.74) is 4.43. The van der Waals surface area contributed by atoms with Crippen molar-refractivity contribution in [3.05, 3.63) is 72.3 Å². The lowest BCUT2D eigenvalue weighted by molar-refractivity contribution is -0.114. The number of hydrogen-bond donors (Lipinski definition) is 2. The Labute approximate surface area is 145 Å². The summed E-state index contributed by atoms with van der Waals surface area (Å²) >= 11 is 0. The predicted molar refractivity (Wildman–Crippen MR) is 102 cm³/mol. The molecule has 0 saturated heterocycles. The molecule has 1 amide bonds. The first-order valence-corrected chi connectivity index (χ1v) is 8.21. The monoisotopic (exact) mass is 330 g/mol. The van der Waals surface area contributed by atoms with Gasteiger partial charge in [-0.3, -0.25) is 4.79 Å². The van der Waals surface area contributed by atoms with Gasteiger partial charge in [-0.15, -0.1) is 0 Å².